The van der Waals surface area contributed by atoms with Crippen molar-refractivity contribution in [3.63, 3.8) is 0 Å². The molecule has 1 aromatic carbocycles. The predicted octanol–water partition coefficient (Wildman–Crippen LogP) is 2.24. The van der Waals surface area contributed by atoms with E-state index in [1.54, 1.807) is 6.08 Å². The van der Waals surface area contributed by atoms with E-state index in [-0.39, 0.29) is 6.04 Å². The van der Waals surface area contributed by atoms with E-state index >= 15 is 0 Å². The molecule has 1 aliphatic rings. The SMILES string of the molecule is C=C[C@H](c1cc(F)c(F)c(F)c1)N1CCNCC1. The topological polar surface area (TPSA) is 15.3 Å². The van der Waals surface area contributed by atoms with E-state index in [0.29, 0.717) is 5.56 Å². The first kappa shape index (κ1) is 13.1. The highest BCUT2D eigenvalue weighted by Crippen LogP contribution is 2.25. The molecule has 0 unspecified atom stereocenters. The molecule has 0 saturated carbocycles. The highest BCUT2D eigenvalue weighted by Gasteiger charge is 2.22. The predicted molar refractivity (Wildman–Crippen MR) is 63.7 cm³/mol. The maximum Gasteiger partial charge on any atom is 0.194 e. The molecule has 0 aromatic heterocycles. The lowest BCUT2D eigenvalue weighted by molar-refractivity contribution is 0.202. The number of nitrogens with zero attached hydrogens (tertiary/aromatic N) is 1. The maximum absolute atomic E-state index is 13.2. The second kappa shape index (κ2) is 5.54. The van der Waals surface area contributed by atoms with Gasteiger partial charge in [-0.05, 0) is 17.7 Å². The second-order valence-corrected chi connectivity index (χ2v) is 4.27. The summed E-state index contributed by atoms with van der Waals surface area (Å²) >= 11 is 0. The lowest BCUT2D eigenvalue weighted by atomic mass is 10.0. The summed E-state index contributed by atoms with van der Waals surface area (Å²) in [4.78, 5) is 2.05. The Kier molecular flexibility index (Phi) is 4.04. The third-order valence-electron chi connectivity index (χ3n) is 3.12. The Bertz CT molecular complexity index is 419. The molecule has 1 aliphatic heterocycles. The van der Waals surface area contributed by atoms with E-state index < -0.39 is 17.5 Å². The number of halogens is 3. The van der Waals surface area contributed by atoms with Gasteiger partial charge in [-0.3, -0.25) is 4.90 Å². The summed E-state index contributed by atoms with van der Waals surface area (Å²) in [6.45, 7) is 6.85. The van der Waals surface area contributed by atoms with Crippen molar-refractivity contribution < 1.29 is 13.2 Å². The molecule has 0 radical (unpaired) electrons. The van der Waals surface area contributed by atoms with Gasteiger partial charge in [0.15, 0.2) is 17.5 Å². The van der Waals surface area contributed by atoms with Crippen LogP contribution in [0.1, 0.15) is 11.6 Å². The largest absolute Gasteiger partial charge is 0.314 e. The molecule has 1 heterocycles. The zero-order chi connectivity index (χ0) is 13.1. The summed E-state index contributed by atoms with van der Waals surface area (Å²) in [5.74, 6) is -3.75. The Hall–Kier alpha value is -1.33. The third-order valence-corrected chi connectivity index (χ3v) is 3.12. The summed E-state index contributed by atoms with van der Waals surface area (Å²) < 4.78 is 39.4. The number of piperazine rings is 1. The first-order valence-corrected chi connectivity index (χ1v) is 5.85. The van der Waals surface area contributed by atoms with Gasteiger partial charge in [-0.2, -0.15) is 0 Å². The molecule has 2 rings (SSSR count). The standard InChI is InChI=1S/C13H15F3N2/c1-2-12(18-5-3-17-4-6-18)9-7-10(14)13(16)11(15)8-9/h2,7-8,12,17H,1,3-6H2/t12-/m1/s1. The summed E-state index contributed by atoms with van der Waals surface area (Å²) in [5, 5.41) is 3.19. The number of nitrogens with one attached hydrogen (secondary N) is 1. The van der Waals surface area contributed by atoms with Gasteiger partial charge in [0, 0.05) is 26.2 Å². The number of hydrogen-bond donors (Lipinski definition) is 1. The minimum atomic E-state index is -1.43. The molecular formula is C13H15F3N2. The molecule has 2 nitrogen and oxygen atoms in total. The highest BCUT2D eigenvalue weighted by molar-refractivity contribution is 5.25. The first-order chi connectivity index (χ1) is 8.63. The molecule has 0 spiro atoms. The van der Waals surface area contributed by atoms with Crippen LogP contribution in [0.5, 0.6) is 0 Å². The van der Waals surface area contributed by atoms with Gasteiger partial charge in [-0.25, -0.2) is 13.2 Å². The van der Waals surface area contributed by atoms with Gasteiger partial charge in [0.2, 0.25) is 0 Å². The van der Waals surface area contributed by atoms with Crippen molar-refractivity contribution in [3.05, 3.63) is 47.8 Å². The average molecular weight is 256 g/mol. The van der Waals surface area contributed by atoms with Crippen LogP contribution in [-0.2, 0) is 0 Å². The highest BCUT2D eigenvalue weighted by atomic mass is 19.2. The molecule has 1 fully saturated rings. The summed E-state index contributed by atoms with van der Waals surface area (Å²) in [6, 6.07) is 1.77. The molecule has 5 heteroatoms. The second-order valence-electron chi connectivity index (χ2n) is 4.27. The van der Waals surface area contributed by atoms with Crippen LogP contribution in [0.25, 0.3) is 0 Å². The number of benzene rings is 1. The minimum Gasteiger partial charge on any atom is -0.314 e. The lowest BCUT2D eigenvalue weighted by Gasteiger charge is -2.33. The van der Waals surface area contributed by atoms with Crippen LogP contribution in [0.2, 0.25) is 0 Å². The molecule has 1 atom stereocenters. The van der Waals surface area contributed by atoms with E-state index in [4.69, 9.17) is 0 Å². The van der Waals surface area contributed by atoms with E-state index in [2.05, 4.69) is 16.8 Å². The van der Waals surface area contributed by atoms with Crippen molar-refractivity contribution in [1.29, 1.82) is 0 Å². The average Bonchev–Trinajstić information content (AvgIpc) is 2.38. The molecule has 1 saturated heterocycles. The van der Waals surface area contributed by atoms with Crippen LogP contribution in [-0.4, -0.2) is 31.1 Å². The summed E-state index contributed by atoms with van der Waals surface area (Å²) in [7, 11) is 0. The van der Waals surface area contributed by atoms with E-state index in [0.717, 1.165) is 38.3 Å². The number of hydrogen-bond acceptors (Lipinski definition) is 2. The fourth-order valence-electron chi connectivity index (χ4n) is 2.20. The minimum absolute atomic E-state index is 0.295. The summed E-state index contributed by atoms with van der Waals surface area (Å²) in [6.07, 6.45) is 1.62. The van der Waals surface area contributed by atoms with Gasteiger partial charge in [0.1, 0.15) is 0 Å². The van der Waals surface area contributed by atoms with E-state index in [9.17, 15) is 13.2 Å². The maximum atomic E-state index is 13.2. The Morgan fingerprint density at radius 2 is 1.72 bits per heavy atom. The molecule has 1 aromatic rings. The van der Waals surface area contributed by atoms with Gasteiger partial charge in [-0.1, -0.05) is 6.08 Å². The summed E-state index contributed by atoms with van der Waals surface area (Å²) in [5.41, 5.74) is 0.392. The molecule has 0 amide bonds. The molecular weight excluding hydrogens is 241 g/mol. The van der Waals surface area contributed by atoms with Crippen molar-refractivity contribution >= 4 is 0 Å². The van der Waals surface area contributed by atoms with Crippen LogP contribution in [0.3, 0.4) is 0 Å². The van der Waals surface area contributed by atoms with Gasteiger partial charge < -0.3 is 5.32 Å². The van der Waals surface area contributed by atoms with Gasteiger partial charge in [-0.15, -0.1) is 6.58 Å². The van der Waals surface area contributed by atoms with Crippen LogP contribution < -0.4 is 5.32 Å². The van der Waals surface area contributed by atoms with Crippen molar-refractivity contribution in [2.45, 2.75) is 6.04 Å². The van der Waals surface area contributed by atoms with Crippen LogP contribution in [0.15, 0.2) is 24.8 Å². The Morgan fingerprint density at radius 1 is 1.17 bits per heavy atom. The lowest BCUT2D eigenvalue weighted by Crippen LogP contribution is -2.44. The van der Waals surface area contributed by atoms with Crippen molar-refractivity contribution in [2.75, 3.05) is 26.2 Å². The first-order valence-electron chi connectivity index (χ1n) is 5.85. The van der Waals surface area contributed by atoms with Crippen molar-refractivity contribution in [3.8, 4) is 0 Å². The molecule has 98 valence electrons. The molecule has 1 N–H and O–H groups in total. The van der Waals surface area contributed by atoms with Crippen LogP contribution in [0.4, 0.5) is 13.2 Å². The smallest absolute Gasteiger partial charge is 0.194 e. The number of rotatable bonds is 3. The van der Waals surface area contributed by atoms with E-state index in [1.165, 1.54) is 0 Å². The van der Waals surface area contributed by atoms with Gasteiger partial charge in [0.25, 0.3) is 0 Å². The van der Waals surface area contributed by atoms with Crippen LogP contribution >= 0.6 is 0 Å². The zero-order valence-electron chi connectivity index (χ0n) is 9.93. The van der Waals surface area contributed by atoms with E-state index in [1.807, 2.05) is 0 Å². The monoisotopic (exact) mass is 256 g/mol. The fourth-order valence-corrected chi connectivity index (χ4v) is 2.20. The van der Waals surface area contributed by atoms with Gasteiger partial charge >= 0.3 is 0 Å². The quantitative estimate of drug-likeness (QED) is 0.659. The van der Waals surface area contributed by atoms with Crippen LogP contribution in [0, 0.1) is 17.5 Å². The van der Waals surface area contributed by atoms with Gasteiger partial charge in [0.05, 0.1) is 6.04 Å². The molecule has 0 bridgehead atoms. The Labute approximate surface area is 104 Å². The molecule has 18 heavy (non-hydrogen) atoms. The fraction of sp³-hybridized carbons (Fsp3) is 0.385. The van der Waals surface area contributed by atoms with Crippen molar-refractivity contribution in [1.82, 2.24) is 10.2 Å². The molecule has 0 aliphatic carbocycles. The van der Waals surface area contributed by atoms with Crippen molar-refractivity contribution in [2.24, 2.45) is 0 Å². The Balaban J connectivity index is 2.29. The normalized spacial score (nSPS) is 18.6. The third kappa shape index (κ3) is 2.57. The Morgan fingerprint density at radius 3 is 2.22 bits per heavy atom. The zero-order valence-corrected chi connectivity index (χ0v) is 9.93.